The second-order valence-electron chi connectivity index (χ2n) is 7.40. The predicted octanol–water partition coefficient (Wildman–Crippen LogP) is 4.44. The summed E-state index contributed by atoms with van der Waals surface area (Å²) in [6.45, 7) is 5.95. The maximum atomic E-state index is 5.92. The number of hydrogen-bond donors (Lipinski definition) is 2. The van der Waals surface area contributed by atoms with E-state index in [1.54, 1.807) is 7.05 Å². The molecule has 1 aliphatic heterocycles. The van der Waals surface area contributed by atoms with Gasteiger partial charge in [0.05, 0.1) is 12.1 Å². The molecule has 2 heterocycles. The molecule has 4 rings (SSSR count). The molecule has 6 nitrogen and oxygen atoms in total. The Morgan fingerprint density at radius 2 is 1.94 bits per heavy atom. The lowest BCUT2D eigenvalue weighted by Crippen LogP contribution is -2.36. The van der Waals surface area contributed by atoms with Gasteiger partial charge in [0.2, 0.25) is 0 Å². The van der Waals surface area contributed by atoms with Crippen molar-refractivity contribution in [3.8, 4) is 11.5 Å². The number of benzene rings is 2. The summed E-state index contributed by atoms with van der Waals surface area (Å²) in [5.74, 6) is 2.57. The van der Waals surface area contributed by atoms with E-state index in [9.17, 15) is 0 Å². The van der Waals surface area contributed by atoms with Crippen LogP contribution in [0.2, 0.25) is 0 Å². The number of aromatic nitrogens is 1. The molecule has 0 saturated carbocycles. The van der Waals surface area contributed by atoms with Crippen molar-refractivity contribution in [1.82, 2.24) is 15.6 Å². The van der Waals surface area contributed by atoms with Crippen LogP contribution in [0.4, 0.5) is 0 Å². The standard InChI is InChI=1S/C24H28N4O2.HI/c1-4-29-21-12-19-11-16(2)30-22(19)13-20(21)15-28-24(25-3)27-14-18-8-5-7-17-9-6-10-26-23(17)18;/h5-10,12-13,16H,4,11,14-15H2,1-3H3,(H2,25,27,28);1H. The number of nitrogens with one attached hydrogen (secondary N) is 2. The zero-order valence-corrected chi connectivity index (χ0v) is 20.5. The second kappa shape index (κ2) is 10.7. The number of rotatable bonds is 6. The molecule has 7 heteroatoms. The highest BCUT2D eigenvalue weighted by atomic mass is 127. The van der Waals surface area contributed by atoms with E-state index >= 15 is 0 Å². The molecule has 2 aromatic carbocycles. The van der Waals surface area contributed by atoms with Gasteiger partial charge in [-0.2, -0.15) is 0 Å². The highest BCUT2D eigenvalue weighted by Gasteiger charge is 2.22. The molecule has 0 amide bonds. The van der Waals surface area contributed by atoms with Crippen molar-refractivity contribution >= 4 is 40.8 Å². The van der Waals surface area contributed by atoms with E-state index in [2.05, 4.69) is 63.9 Å². The topological polar surface area (TPSA) is 67.8 Å². The molecule has 1 unspecified atom stereocenters. The number of fused-ring (bicyclic) bond motifs is 2. The summed E-state index contributed by atoms with van der Waals surface area (Å²) in [6, 6.07) is 14.4. The first-order valence-electron chi connectivity index (χ1n) is 10.4. The fourth-order valence-corrected chi connectivity index (χ4v) is 3.80. The molecular formula is C24H29IN4O2. The minimum atomic E-state index is 0. The molecule has 1 aromatic heterocycles. The largest absolute Gasteiger partial charge is 0.494 e. The molecule has 31 heavy (non-hydrogen) atoms. The van der Waals surface area contributed by atoms with E-state index in [1.807, 2.05) is 19.2 Å². The van der Waals surface area contributed by atoms with Crippen LogP contribution in [0.5, 0.6) is 11.5 Å². The molecule has 1 atom stereocenters. The molecule has 0 spiro atoms. The molecule has 0 fully saturated rings. The van der Waals surface area contributed by atoms with Gasteiger partial charge in [-0.25, -0.2) is 0 Å². The third-order valence-corrected chi connectivity index (χ3v) is 5.21. The molecule has 1 aliphatic rings. The van der Waals surface area contributed by atoms with Gasteiger partial charge in [0.1, 0.15) is 17.6 Å². The van der Waals surface area contributed by atoms with E-state index in [0.717, 1.165) is 45.9 Å². The van der Waals surface area contributed by atoms with Gasteiger partial charge >= 0.3 is 0 Å². The van der Waals surface area contributed by atoms with Crippen LogP contribution in [0.3, 0.4) is 0 Å². The van der Waals surface area contributed by atoms with Gasteiger partial charge < -0.3 is 20.1 Å². The summed E-state index contributed by atoms with van der Waals surface area (Å²) < 4.78 is 11.8. The maximum absolute atomic E-state index is 5.92. The molecule has 0 aliphatic carbocycles. The van der Waals surface area contributed by atoms with E-state index in [4.69, 9.17) is 9.47 Å². The minimum Gasteiger partial charge on any atom is -0.494 e. The first-order chi connectivity index (χ1) is 14.7. The Morgan fingerprint density at radius 3 is 2.71 bits per heavy atom. The van der Waals surface area contributed by atoms with E-state index < -0.39 is 0 Å². The highest BCUT2D eigenvalue weighted by molar-refractivity contribution is 14.0. The van der Waals surface area contributed by atoms with Crippen molar-refractivity contribution < 1.29 is 9.47 Å². The Hall–Kier alpha value is -2.55. The summed E-state index contributed by atoms with van der Waals surface area (Å²) in [5, 5.41) is 7.91. The van der Waals surface area contributed by atoms with Crippen molar-refractivity contribution in [2.45, 2.75) is 39.5 Å². The zero-order valence-electron chi connectivity index (χ0n) is 18.1. The number of ether oxygens (including phenoxy) is 2. The van der Waals surface area contributed by atoms with E-state index in [0.29, 0.717) is 19.7 Å². The Kier molecular flexibility index (Phi) is 7.95. The monoisotopic (exact) mass is 532 g/mol. The van der Waals surface area contributed by atoms with Gasteiger partial charge in [0, 0.05) is 49.3 Å². The van der Waals surface area contributed by atoms with Gasteiger partial charge in [-0.15, -0.1) is 24.0 Å². The molecule has 3 aromatic rings. The third kappa shape index (κ3) is 5.39. The van der Waals surface area contributed by atoms with Crippen LogP contribution in [-0.2, 0) is 19.5 Å². The average Bonchev–Trinajstić information content (AvgIpc) is 3.12. The lowest BCUT2D eigenvalue weighted by atomic mass is 10.1. The minimum absolute atomic E-state index is 0. The molecule has 0 radical (unpaired) electrons. The quantitative estimate of drug-likeness (QED) is 0.279. The SMILES string of the molecule is CCOc1cc2c(cc1CNC(=NC)NCc1cccc3cccnc13)OC(C)C2.I. The zero-order chi connectivity index (χ0) is 20.9. The summed E-state index contributed by atoms with van der Waals surface area (Å²) in [5.41, 5.74) is 4.40. The normalized spacial score (nSPS) is 15.1. The van der Waals surface area contributed by atoms with Crippen LogP contribution in [-0.4, -0.2) is 30.7 Å². The first-order valence-corrected chi connectivity index (χ1v) is 10.4. The van der Waals surface area contributed by atoms with Crippen molar-refractivity contribution in [3.05, 3.63) is 65.4 Å². The van der Waals surface area contributed by atoms with Crippen LogP contribution in [0, 0.1) is 0 Å². The highest BCUT2D eigenvalue weighted by Crippen LogP contribution is 2.35. The average molecular weight is 532 g/mol. The van der Waals surface area contributed by atoms with Gasteiger partial charge in [-0.05, 0) is 37.6 Å². The smallest absolute Gasteiger partial charge is 0.191 e. The summed E-state index contributed by atoms with van der Waals surface area (Å²) in [7, 11) is 1.77. The van der Waals surface area contributed by atoms with Gasteiger partial charge in [0.15, 0.2) is 5.96 Å². The lowest BCUT2D eigenvalue weighted by molar-refractivity contribution is 0.254. The number of pyridine rings is 1. The Morgan fingerprint density at radius 1 is 1.16 bits per heavy atom. The van der Waals surface area contributed by atoms with E-state index in [-0.39, 0.29) is 30.1 Å². The molecule has 2 N–H and O–H groups in total. The van der Waals surface area contributed by atoms with Gasteiger partial charge in [0.25, 0.3) is 0 Å². The van der Waals surface area contributed by atoms with Crippen LogP contribution in [0.15, 0.2) is 53.7 Å². The Balaban J connectivity index is 0.00000272. The molecule has 0 bridgehead atoms. The maximum Gasteiger partial charge on any atom is 0.191 e. The third-order valence-electron chi connectivity index (χ3n) is 5.21. The van der Waals surface area contributed by atoms with E-state index in [1.165, 1.54) is 5.56 Å². The number of aliphatic imine (C=N–C) groups is 1. The fraction of sp³-hybridized carbons (Fsp3) is 0.333. The summed E-state index contributed by atoms with van der Waals surface area (Å²) >= 11 is 0. The van der Waals surface area contributed by atoms with Crippen molar-refractivity contribution in [2.24, 2.45) is 4.99 Å². The first kappa shape index (κ1) is 23.1. The summed E-state index contributed by atoms with van der Waals surface area (Å²) in [4.78, 5) is 8.88. The van der Waals surface area contributed by atoms with Crippen LogP contribution < -0.4 is 20.1 Å². The number of halogens is 1. The number of para-hydroxylation sites is 1. The van der Waals surface area contributed by atoms with Crippen molar-refractivity contribution in [3.63, 3.8) is 0 Å². The lowest BCUT2D eigenvalue weighted by Gasteiger charge is -2.16. The summed E-state index contributed by atoms with van der Waals surface area (Å²) in [6.07, 6.45) is 2.96. The molecular weight excluding hydrogens is 503 g/mol. The number of hydrogen-bond acceptors (Lipinski definition) is 4. The Bertz CT molecular complexity index is 1070. The molecule has 164 valence electrons. The van der Waals surface area contributed by atoms with Crippen LogP contribution >= 0.6 is 24.0 Å². The van der Waals surface area contributed by atoms with Gasteiger partial charge in [-0.1, -0.05) is 24.3 Å². The Labute approximate surface area is 200 Å². The number of nitrogens with zero attached hydrogens (tertiary/aromatic N) is 2. The number of guanidine groups is 1. The molecule has 0 saturated heterocycles. The van der Waals surface area contributed by atoms with Crippen molar-refractivity contribution in [2.75, 3.05) is 13.7 Å². The second-order valence-corrected chi connectivity index (χ2v) is 7.40. The van der Waals surface area contributed by atoms with Crippen LogP contribution in [0.25, 0.3) is 10.9 Å². The van der Waals surface area contributed by atoms with Gasteiger partial charge in [-0.3, -0.25) is 9.98 Å². The fourth-order valence-electron chi connectivity index (χ4n) is 3.80. The van der Waals surface area contributed by atoms with Crippen molar-refractivity contribution in [1.29, 1.82) is 0 Å². The predicted molar refractivity (Wildman–Crippen MR) is 136 cm³/mol. The van der Waals surface area contributed by atoms with Crippen LogP contribution in [0.1, 0.15) is 30.5 Å².